The molecule has 0 fully saturated rings. The Morgan fingerprint density at radius 2 is 1.87 bits per heavy atom. The third-order valence-corrected chi connectivity index (χ3v) is 2.85. The standard InChI is InChI=1S/C12H23ClO2/c1-10(2)8-6-5-7-9-12(3,4)11(14)15-13/h10H,5-9H2,1-4H3. The summed E-state index contributed by atoms with van der Waals surface area (Å²) < 4.78 is 4.24. The van der Waals surface area contributed by atoms with E-state index >= 15 is 0 Å². The fourth-order valence-electron chi connectivity index (χ4n) is 1.50. The molecule has 0 aromatic rings. The van der Waals surface area contributed by atoms with Gasteiger partial charge in [-0.3, -0.25) is 0 Å². The lowest BCUT2D eigenvalue weighted by Gasteiger charge is -2.19. The predicted molar refractivity (Wildman–Crippen MR) is 63.6 cm³/mol. The average Bonchev–Trinajstić information content (AvgIpc) is 2.15. The van der Waals surface area contributed by atoms with Crippen molar-refractivity contribution in [3.05, 3.63) is 0 Å². The monoisotopic (exact) mass is 234 g/mol. The topological polar surface area (TPSA) is 26.3 Å². The van der Waals surface area contributed by atoms with Crippen LogP contribution in [0.4, 0.5) is 0 Å². The van der Waals surface area contributed by atoms with Gasteiger partial charge >= 0.3 is 5.97 Å². The summed E-state index contributed by atoms with van der Waals surface area (Å²) in [6.45, 7) is 8.21. The molecule has 0 N–H and O–H groups in total. The lowest BCUT2D eigenvalue weighted by molar-refractivity contribution is -0.143. The Morgan fingerprint density at radius 1 is 1.27 bits per heavy atom. The van der Waals surface area contributed by atoms with Gasteiger partial charge in [0.1, 0.15) is 11.9 Å². The molecule has 90 valence electrons. The average molecular weight is 235 g/mol. The number of hydrogen-bond acceptors (Lipinski definition) is 2. The number of rotatable bonds is 7. The van der Waals surface area contributed by atoms with Crippen molar-refractivity contribution < 1.29 is 9.08 Å². The Kier molecular flexibility index (Phi) is 6.99. The van der Waals surface area contributed by atoms with Gasteiger partial charge in [0.2, 0.25) is 0 Å². The van der Waals surface area contributed by atoms with Crippen LogP contribution < -0.4 is 0 Å². The number of carbonyl (C=O) groups is 1. The molecular weight excluding hydrogens is 212 g/mol. The van der Waals surface area contributed by atoms with Crippen LogP contribution in [0.25, 0.3) is 0 Å². The SMILES string of the molecule is CC(C)CCCCCC(C)(C)C(=O)OCl. The van der Waals surface area contributed by atoms with Gasteiger partial charge in [0.15, 0.2) is 0 Å². The van der Waals surface area contributed by atoms with Crippen LogP contribution in [0.5, 0.6) is 0 Å². The minimum atomic E-state index is -0.445. The van der Waals surface area contributed by atoms with E-state index in [0.29, 0.717) is 0 Å². The Hall–Kier alpha value is -0.240. The Labute approximate surface area is 98.5 Å². The highest BCUT2D eigenvalue weighted by atomic mass is 35.5. The number of carbonyl (C=O) groups excluding carboxylic acids is 1. The van der Waals surface area contributed by atoms with E-state index in [1.807, 2.05) is 13.8 Å². The molecular formula is C12H23ClO2. The first-order valence-electron chi connectivity index (χ1n) is 5.73. The maximum atomic E-state index is 11.3. The minimum Gasteiger partial charge on any atom is -0.347 e. The molecule has 0 radical (unpaired) electrons. The third kappa shape index (κ3) is 6.77. The van der Waals surface area contributed by atoms with Crippen molar-refractivity contribution in [2.24, 2.45) is 11.3 Å². The molecule has 0 saturated carbocycles. The lowest BCUT2D eigenvalue weighted by Crippen LogP contribution is -2.24. The number of hydrogen-bond donors (Lipinski definition) is 0. The van der Waals surface area contributed by atoms with Crippen LogP contribution in [-0.4, -0.2) is 5.97 Å². The molecule has 0 unspecified atom stereocenters. The van der Waals surface area contributed by atoms with Gasteiger partial charge in [-0.05, 0) is 26.2 Å². The molecule has 0 aliphatic heterocycles. The van der Waals surface area contributed by atoms with Crippen LogP contribution in [0, 0.1) is 11.3 Å². The molecule has 2 nitrogen and oxygen atoms in total. The van der Waals surface area contributed by atoms with Gasteiger partial charge < -0.3 is 4.29 Å². The smallest absolute Gasteiger partial charge is 0.330 e. The fourth-order valence-corrected chi connectivity index (χ4v) is 1.71. The van der Waals surface area contributed by atoms with Crippen molar-refractivity contribution in [2.45, 2.75) is 59.8 Å². The molecule has 0 saturated heterocycles. The maximum absolute atomic E-state index is 11.3. The molecule has 0 amide bonds. The molecule has 3 heteroatoms. The molecule has 0 atom stereocenters. The molecule has 0 aliphatic rings. The summed E-state index contributed by atoms with van der Waals surface area (Å²) in [4.78, 5) is 11.3. The van der Waals surface area contributed by atoms with Gasteiger partial charge in [-0.2, -0.15) is 0 Å². The summed E-state index contributed by atoms with van der Waals surface area (Å²) in [5.74, 6) is 0.443. The largest absolute Gasteiger partial charge is 0.347 e. The van der Waals surface area contributed by atoms with Crippen LogP contribution in [0.2, 0.25) is 0 Å². The first-order chi connectivity index (χ1) is 6.90. The fraction of sp³-hybridized carbons (Fsp3) is 0.917. The van der Waals surface area contributed by atoms with Crippen molar-refractivity contribution in [1.82, 2.24) is 0 Å². The van der Waals surface area contributed by atoms with E-state index in [-0.39, 0.29) is 5.97 Å². The molecule has 0 aromatic heterocycles. The zero-order valence-corrected chi connectivity index (χ0v) is 11.1. The van der Waals surface area contributed by atoms with E-state index in [9.17, 15) is 4.79 Å². The van der Waals surface area contributed by atoms with Gasteiger partial charge in [0, 0.05) is 0 Å². The van der Waals surface area contributed by atoms with E-state index in [4.69, 9.17) is 11.9 Å². The second-order valence-corrected chi connectivity index (χ2v) is 5.40. The molecule has 0 spiro atoms. The molecule has 0 aliphatic carbocycles. The zero-order chi connectivity index (χ0) is 11.9. The van der Waals surface area contributed by atoms with Gasteiger partial charge in [-0.1, -0.05) is 39.5 Å². The molecule has 0 bridgehead atoms. The molecule has 0 heterocycles. The van der Waals surface area contributed by atoms with Crippen molar-refractivity contribution in [3.8, 4) is 0 Å². The lowest BCUT2D eigenvalue weighted by atomic mass is 9.87. The Morgan fingerprint density at radius 3 is 2.33 bits per heavy atom. The summed E-state index contributed by atoms with van der Waals surface area (Å²) in [6.07, 6.45) is 5.59. The second kappa shape index (κ2) is 7.10. The Balaban J connectivity index is 3.62. The van der Waals surface area contributed by atoms with Crippen molar-refractivity contribution in [2.75, 3.05) is 0 Å². The summed E-state index contributed by atoms with van der Waals surface area (Å²) >= 11 is 5.07. The third-order valence-electron chi connectivity index (χ3n) is 2.71. The summed E-state index contributed by atoms with van der Waals surface area (Å²) in [5, 5.41) is 0. The summed E-state index contributed by atoms with van der Waals surface area (Å²) in [5.41, 5.74) is -0.445. The first kappa shape index (κ1) is 14.8. The number of halogens is 1. The van der Waals surface area contributed by atoms with Crippen LogP contribution >= 0.6 is 11.9 Å². The highest BCUT2D eigenvalue weighted by molar-refractivity contribution is 6.13. The van der Waals surface area contributed by atoms with Crippen LogP contribution in [0.15, 0.2) is 0 Å². The zero-order valence-electron chi connectivity index (χ0n) is 10.3. The van der Waals surface area contributed by atoms with Crippen LogP contribution in [-0.2, 0) is 9.08 Å². The van der Waals surface area contributed by atoms with E-state index in [1.54, 1.807) is 0 Å². The molecule has 15 heavy (non-hydrogen) atoms. The van der Waals surface area contributed by atoms with Gasteiger partial charge in [-0.15, -0.1) is 0 Å². The molecule has 0 rings (SSSR count). The van der Waals surface area contributed by atoms with Gasteiger partial charge in [0.25, 0.3) is 0 Å². The van der Waals surface area contributed by atoms with Crippen molar-refractivity contribution >= 4 is 17.8 Å². The van der Waals surface area contributed by atoms with E-state index in [0.717, 1.165) is 18.8 Å². The van der Waals surface area contributed by atoms with E-state index < -0.39 is 5.41 Å². The van der Waals surface area contributed by atoms with Crippen molar-refractivity contribution in [3.63, 3.8) is 0 Å². The number of unbranched alkanes of at least 4 members (excludes halogenated alkanes) is 2. The van der Waals surface area contributed by atoms with Gasteiger partial charge in [0.05, 0.1) is 5.41 Å². The normalized spacial score (nSPS) is 11.9. The van der Waals surface area contributed by atoms with Crippen LogP contribution in [0.3, 0.4) is 0 Å². The summed E-state index contributed by atoms with van der Waals surface area (Å²) in [7, 11) is 0. The maximum Gasteiger partial charge on any atom is 0.330 e. The molecule has 0 aromatic carbocycles. The highest BCUT2D eigenvalue weighted by Crippen LogP contribution is 2.26. The highest BCUT2D eigenvalue weighted by Gasteiger charge is 2.28. The van der Waals surface area contributed by atoms with Gasteiger partial charge in [-0.25, -0.2) is 4.79 Å². The minimum absolute atomic E-state index is 0.326. The van der Waals surface area contributed by atoms with Crippen LogP contribution in [0.1, 0.15) is 59.8 Å². The van der Waals surface area contributed by atoms with Crippen molar-refractivity contribution in [1.29, 1.82) is 0 Å². The van der Waals surface area contributed by atoms with E-state index in [2.05, 4.69) is 18.1 Å². The van der Waals surface area contributed by atoms with E-state index in [1.165, 1.54) is 19.3 Å². The quantitative estimate of drug-likeness (QED) is 0.614. The first-order valence-corrected chi connectivity index (χ1v) is 6.04. The Bertz CT molecular complexity index is 188. The second-order valence-electron chi connectivity index (χ2n) is 5.24. The predicted octanol–water partition coefficient (Wildman–Crippen LogP) is 4.32. The summed E-state index contributed by atoms with van der Waals surface area (Å²) in [6, 6.07) is 0.